The number of carbonyl (C=O) groups is 1. The van der Waals surface area contributed by atoms with Crippen LogP contribution < -0.4 is 16.0 Å². The van der Waals surface area contributed by atoms with Crippen molar-refractivity contribution in [2.75, 3.05) is 31.6 Å². The van der Waals surface area contributed by atoms with Gasteiger partial charge in [-0.25, -0.2) is 4.98 Å². The molecule has 0 aliphatic heterocycles. The van der Waals surface area contributed by atoms with Gasteiger partial charge in [-0.2, -0.15) is 0 Å². The summed E-state index contributed by atoms with van der Waals surface area (Å²) >= 11 is 1.48. The first-order valence-electron chi connectivity index (χ1n) is 6.89. The van der Waals surface area contributed by atoms with Crippen LogP contribution in [0.1, 0.15) is 15.5 Å². The van der Waals surface area contributed by atoms with E-state index in [1.54, 1.807) is 5.38 Å². The van der Waals surface area contributed by atoms with Crippen molar-refractivity contribution >= 4 is 47.7 Å². The van der Waals surface area contributed by atoms with Gasteiger partial charge in [0, 0.05) is 37.6 Å². The van der Waals surface area contributed by atoms with E-state index in [1.807, 2.05) is 37.4 Å². The predicted molar refractivity (Wildman–Crippen MR) is 101 cm³/mol. The van der Waals surface area contributed by atoms with Gasteiger partial charge in [0.2, 0.25) is 0 Å². The van der Waals surface area contributed by atoms with Crippen LogP contribution in [0.2, 0.25) is 0 Å². The fourth-order valence-corrected chi connectivity index (χ4v) is 2.69. The second kappa shape index (κ2) is 11.2. The molecule has 0 saturated carbocycles. The molecule has 1 aromatic heterocycles. The molecule has 128 valence electrons. The number of nitrogens with zero attached hydrogens (tertiary/aromatic N) is 2. The van der Waals surface area contributed by atoms with Crippen LogP contribution in [0.25, 0.3) is 0 Å². The minimum Gasteiger partial charge on any atom is -0.373 e. The molecule has 2 rings (SSSR count). The number of carbonyl (C=O) groups excluding carboxylic acids is 1. The number of likely N-dealkylation sites (N-methyl/N-ethyl adjacent to an activating group) is 1. The highest BCUT2D eigenvalue weighted by atomic mass is 35.5. The van der Waals surface area contributed by atoms with Gasteiger partial charge >= 0.3 is 0 Å². The zero-order valence-electron chi connectivity index (χ0n) is 12.9. The van der Waals surface area contributed by atoms with E-state index in [9.17, 15) is 4.79 Å². The number of halogens is 2. The van der Waals surface area contributed by atoms with Crippen LogP contribution >= 0.6 is 36.2 Å². The Kier molecular flexibility index (Phi) is 10.6. The number of hydrogen-bond donors (Lipinski definition) is 2. The maximum atomic E-state index is 12.0. The Morgan fingerprint density at radius 1 is 1.30 bits per heavy atom. The number of nitrogens with one attached hydrogen (secondary N) is 1. The average molecular weight is 377 g/mol. The zero-order chi connectivity index (χ0) is 15.1. The van der Waals surface area contributed by atoms with E-state index < -0.39 is 0 Å². The van der Waals surface area contributed by atoms with Crippen LogP contribution in [-0.2, 0) is 6.42 Å². The highest BCUT2D eigenvalue weighted by molar-refractivity contribution is 7.09. The molecule has 8 heteroatoms. The number of rotatable bonds is 7. The molecule has 0 radical (unpaired) electrons. The lowest BCUT2D eigenvalue weighted by atomic mass is 10.3. The molecular weight excluding hydrogens is 355 g/mol. The number of hydrogen-bond acceptors (Lipinski definition) is 5. The van der Waals surface area contributed by atoms with Crippen molar-refractivity contribution in [3.8, 4) is 0 Å². The van der Waals surface area contributed by atoms with Crippen LogP contribution in [0, 0.1) is 0 Å². The van der Waals surface area contributed by atoms with E-state index >= 15 is 0 Å². The van der Waals surface area contributed by atoms with Crippen molar-refractivity contribution in [2.24, 2.45) is 5.73 Å². The van der Waals surface area contributed by atoms with Crippen molar-refractivity contribution in [1.29, 1.82) is 0 Å². The lowest BCUT2D eigenvalue weighted by molar-refractivity contribution is 0.0950. The van der Waals surface area contributed by atoms with Crippen molar-refractivity contribution in [3.63, 3.8) is 0 Å². The van der Waals surface area contributed by atoms with E-state index in [2.05, 4.69) is 15.2 Å². The highest BCUT2D eigenvalue weighted by Crippen LogP contribution is 2.11. The number of amides is 1. The molecule has 2 aromatic rings. The van der Waals surface area contributed by atoms with Gasteiger partial charge in [-0.05, 0) is 18.7 Å². The van der Waals surface area contributed by atoms with Crippen LogP contribution in [0.4, 0.5) is 5.69 Å². The molecule has 0 aliphatic rings. The summed E-state index contributed by atoms with van der Waals surface area (Å²) in [6, 6.07) is 10.1. The van der Waals surface area contributed by atoms with Gasteiger partial charge in [-0.1, -0.05) is 18.2 Å². The fraction of sp³-hybridized carbons (Fsp3) is 0.333. The number of anilines is 1. The number of nitrogens with two attached hydrogens (primary N) is 1. The fourth-order valence-electron chi connectivity index (χ4n) is 1.89. The van der Waals surface area contributed by atoms with Crippen LogP contribution in [0.3, 0.4) is 0 Å². The molecule has 0 spiro atoms. The summed E-state index contributed by atoms with van der Waals surface area (Å²) in [6.07, 6.45) is 0.717. The monoisotopic (exact) mass is 376 g/mol. The predicted octanol–water partition coefficient (Wildman–Crippen LogP) is 2.35. The standard InChI is InChI=1S/C15H20N4OS.2ClH/c1-19(12-5-3-2-4-6-12)10-9-17-15(20)13-11-21-14(18-13)7-8-16;;/h2-6,11H,7-10,16H2,1H3,(H,17,20);2*1H. The molecule has 3 N–H and O–H groups in total. The smallest absolute Gasteiger partial charge is 0.270 e. The third kappa shape index (κ3) is 6.74. The van der Waals surface area contributed by atoms with Crippen molar-refractivity contribution in [2.45, 2.75) is 6.42 Å². The van der Waals surface area contributed by atoms with Crippen LogP contribution in [-0.4, -0.2) is 37.6 Å². The van der Waals surface area contributed by atoms with Crippen molar-refractivity contribution in [3.05, 3.63) is 46.4 Å². The molecule has 0 fully saturated rings. The van der Waals surface area contributed by atoms with E-state index in [-0.39, 0.29) is 30.7 Å². The molecule has 1 heterocycles. The Morgan fingerprint density at radius 3 is 2.65 bits per heavy atom. The van der Waals surface area contributed by atoms with E-state index in [4.69, 9.17) is 5.73 Å². The Labute approximate surface area is 153 Å². The second-order valence-corrected chi connectivity index (χ2v) is 5.62. The van der Waals surface area contributed by atoms with Gasteiger partial charge in [-0.15, -0.1) is 36.2 Å². The summed E-state index contributed by atoms with van der Waals surface area (Å²) in [5.74, 6) is -0.129. The topological polar surface area (TPSA) is 71.2 Å². The van der Waals surface area contributed by atoms with Crippen molar-refractivity contribution in [1.82, 2.24) is 10.3 Å². The quantitative estimate of drug-likeness (QED) is 0.777. The number of para-hydroxylation sites is 1. The molecular formula is C15H22Cl2N4OS. The summed E-state index contributed by atoms with van der Waals surface area (Å²) in [5.41, 5.74) is 7.08. The molecule has 5 nitrogen and oxygen atoms in total. The van der Waals surface area contributed by atoms with Crippen molar-refractivity contribution < 1.29 is 4.79 Å². The van der Waals surface area contributed by atoms with E-state index in [0.29, 0.717) is 25.2 Å². The number of aromatic nitrogens is 1. The first-order chi connectivity index (χ1) is 10.2. The minimum atomic E-state index is -0.129. The largest absolute Gasteiger partial charge is 0.373 e. The van der Waals surface area contributed by atoms with Gasteiger partial charge in [0.1, 0.15) is 5.69 Å². The normalized spacial score (nSPS) is 9.48. The second-order valence-electron chi connectivity index (χ2n) is 4.68. The highest BCUT2D eigenvalue weighted by Gasteiger charge is 2.10. The van der Waals surface area contributed by atoms with E-state index in [0.717, 1.165) is 17.2 Å². The van der Waals surface area contributed by atoms with Gasteiger partial charge in [0.15, 0.2) is 0 Å². The van der Waals surface area contributed by atoms with Gasteiger partial charge < -0.3 is 16.0 Å². The summed E-state index contributed by atoms with van der Waals surface area (Å²) < 4.78 is 0. The lowest BCUT2D eigenvalue weighted by Gasteiger charge is -2.19. The van der Waals surface area contributed by atoms with Crippen LogP contribution in [0.5, 0.6) is 0 Å². The molecule has 0 bridgehead atoms. The Balaban J connectivity index is 0.00000242. The Morgan fingerprint density at radius 2 is 2.00 bits per heavy atom. The third-order valence-corrected chi connectivity index (χ3v) is 3.98. The van der Waals surface area contributed by atoms with Crippen LogP contribution in [0.15, 0.2) is 35.7 Å². The maximum absolute atomic E-state index is 12.0. The van der Waals surface area contributed by atoms with Gasteiger partial charge in [0.05, 0.1) is 5.01 Å². The molecule has 1 amide bonds. The molecule has 0 atom stereocenters. The summed E-state index contributed by atoms with van der Waals surface area (Å²) in [4.78, 5) is 18.3. The van der Waals surface area contributed by atoms with Gasteiger partial charge in [0.25, 0.3) is 5.91 Å². The SMILES string of the molecule is CN(CCNC(=O)c1csc(CCN)n1)c1ccccc1.Cl.Cl. The Hall–Kier alpha value is -1.34. The molecule has 1 aromatic carbocycles. The number of thiazole rings is 1. The lowest BCUT2D eigenvalue weighted by Crippen LogP contribution is -2.33. The first kappa shape index (κ1) is 21.7. The first-order valence-corrected chi connectivity index (χ1v) is 7.77. The molecule has 0 unspecified atom stereocenters. The Bertz CT molecular complexity index is 580. The molecule has 0 aliphatic carbocycles. The summed E-state index contributed by atoms with van der Waals surface area (Å²) in [7, 11) is 2.00. The zero-order valence-corrected chi connectivity index (χ0v) is 15.3. The minimum absolute atomic E-state index is 0. The maximum Gasteiger partial charge on any atom is 0.270 e. The summed E-state index contributed by atoms with van der Waals surface area (Å²) in [5, 5.41) is 5.57. The van der Waals surface area contributed by atoms with Gasteiger partial charge in [-0.3, -0.25) is 4.79 Å². The molecule has 23 heavy (non-hydrogen) atoms. The summed E-state index contributed by atoms with van der Waals surface area (Å²) in [6.45, 7) is 1.87. The number of benzene rings is 1. The van der Waals surface area contributed by atoms with E-state index in [1.165, 1.54) is 11.3 Å². The molecule has 0 saturated heterocycles. The average Bonchev–Trinajstić information content (AvgIpc) is 2.97. The third-order valence-electron chi connectivity index (χ3n) is 3.07.